The third-order valence-corrected chi connectivity index (χ3v) is 4.00. The zero-order chi connectivity index (χ0) is 16.8. The molecule has 2 aromatic carbocycles. The number of hydrogen-bond acceptors (Lipinski definition) is 2. The molecule has 0 unspecified atom stereocenters. The number of likely N-dealkylation sites (N-methyl/N-ethyl adjacent to an activating group) is 2. The average Bonchev–Trinajstić information content (AvgIpc) is 2.56. The molecule has 23 heavy (non-hydrogen) atoms. The van der Waals surface area contributed by atoms with E-state index in [0.29, 0.717) is 13.1 Å². The van der Waals surface area contributed by atoms with Gasteiger partial charge in [0, 0.05) is 31.7 Å². The summed E-state index contributed by atoms with van der Waals surface area (Å²) in [7, 11) is 3.28. The minimum absolute atomic E-state index is 0.400. The van der Waals surface area contributed by atoms with Crippen LogP contribution in [0.5, 0.6) is 0 Å². The van der Waals surface area contributed by atoms with Crippen LogP contribution in [0.1, 0.15) is 11.1 Å². The van der Waals surface area contributed by atoms with Crippen LogP contribution in [0.15, 0.2) is 59.1 Å². The van der Waals surface area contributed by atoms with Crippen molar-refractivity contribution in [3.63, 3.8) is 0 Å². The van der Waals surface area contributed by atoms with E-state index in [0.717, 1.165) is 15.6 Å². The lowest BCUT2D eigenvalue weighted by atomic mass is 10.2. The van der Waals surface area contributed by atoms with Gasteiger partial charge >= 0.3 is 11.8 Å². The molecule has 0 bridgehead atoms. The molecule has 4 nitrogen and oxygen atoms in total. The molecule has 0 spiro atoms. The van der Waals surface area contributed by atoms with Crippen LogP contribution in [-0.4, -0.2) is 35.7 Å². The van der Waals surface area contributed by atoms with Gasteiger partial charge in [-0.2, -0.15) is 0 Å². The summed E-state index contributed by atoms with van der Waals surface area (Å²) in [5.74, 6) is -1.01. The van der Waals surface area contributed by atoms with Crippen LogP contribution in [0.2, 0.25) is 0 Å². The molecular weight excluding hydrogens is 356 g/mol. The first-order valence-electron chi connectivity index (χ1n) is 7.26. The van der Waals surface area contributed by atoms with Gasteiger partial charge in [0.2, 0.25) is 0 Å². The highest BCUT2D eigenvalue weighted by atomic mass is 79.9. The molecule has 120 valence electrons. The fourth-order valence-electron chi connectivity index (χ4n) is 2.19. The van der Waals surface area contributed by atoms with Gasteiger partial charge in [0.05, 0.1) is 0 Å². The predicted octanol–water partition coefficient (Wildman–Crippen LogP) is 3.07. The lowest BCUT2D eigenvalue weighted by Crippen LogP contribution is -2.41. The number of hydrogen-bond donors (Lipinski definition) is 0. The molecule has 0 aliphatic heterocycles. The number of halogens is 1. The van der Waals surface area contributed by atoms with E-state index < -0.39 is 11.8 Å². The molecule has 0 fully saturated rings. The van der Waals surface area contributed by atoms with Crippen LogP contribution in [0.3, 0.4) is 0 Å². The summed E-state index contributed by atoms with van der Waals surface area (Å²) in [6, 6.07) is 17.3. The first kappa shape index (κ1) is 17.2. The largest absolute Gasteiger partial charge is 0.333 e. The molecule has 0 aromatic heterocycles. The SMILES string of the molecule is CN(Cc1ccccc1)C(=O)C(=O)N(C)Cc1ccc(Br)cc1. The zero-order valence-corrected chi connectivity index (χ0v) is 14.8. The lowest BCUT2D eigenvalue weighted by molar-refractivity contribution is -0.150. The molecule has 5 heteroatoms. The second-order valence-electron chi connectivity index (χ2n) is 5.43. The third-order valence-electron chi connectivity index (χ3n) is 3.47. The highest BCUT2D eigenvalue weighted by Crippen LogP contribution is 2.12. The van der Waals surface area contributed by atoms with Crippen molar-refractivity contribution in [2.24, 2.45) is 0 Å². The van der Waals surface area contributed by atoms with Crippen LogP contribution in [0.25, 0.3) is 0 Å². The van der Waals surface area contributed by atoms with E-state index >= 15 is 0 Å². The molecule has 0 aliphatic carbocycles. The Morgan fingerprint density at radius 1 is 0.783 bits per heavy atom. The van der Waals surface area contributed by atoms with Crippen LogP contribution in [-0.2, 0) is 22.7 Å². The van der Waals surface area contributed by atoms with E-state index in [1.165, 1.54) is 9.80 Å². The second kappa shape index (κ2) is 7.92. The summed E-state index contributed by atoms with van der Waals surface area (Å²) < 4.78 is 0.980. The lowest BCUT2D eigenvalue weighted by Gasteiger charge is -2.21. The molecular formula is C18H19BrN2O2. The Morgan fingerprint density at radius 2 is 1.22 bits per heavy atom. The molecule has 0 aliphatic rings. The number of benzene rings is 2. The van der Waals surface area contributed by atoms with E-state index in [1.807, 2.05) is 54.6 Å². The minimum Gasteiger partial charge on any atom is -0.333 e. The van der Waals surface area contributed by atoms with Crippen molar-refractivity contribution in [3.8, 4) is 0 Å². The Bertz CT molecular complexity index is 671. The summed E-state index contributed by atoms with van der Waals surface area (Å²) in [4.78, 5) is 27.4. The first-order chi connectivity index (χ1) is 11.0. The fourth-order valence-corrected chi connectivity index (χ4v) is 2.46. The Labute approximate surface area is 144 Å². The van der Waals surface area contributed by atoms with Gasteiger partial charge in [-0.3, -0.25) is 9.59 Å². The first-order valence-corrected chi connectivity index (χ1v) is 8.05. The predicted molar refractivity (Wildman–Crippen MR) is 93.5 cm³/mol. The van der Waals surface area contributed by atoms with Crippen molar-refractivity contribution < 1.29 is 9.59 Å². The molecule has 0 saturated carbocycles. The van der Waals surface area contributed by atoms with E-state index in [9.17, 15) is 9.59 Å². The number of carbonyl (C=O) groups excluding carboxylic acids is 2. The van der Waals surface area contributed by atoms with Crippen molar-refractivity contribution in [2.75, 3.05) is 14.1 Å². The normalized spacial score (nSPS) is 10.2. The van der Waals surface area contributed by atoms with Crippen molar-refractivity contribution >= 4 is 27.7 Å². The van der Waals surface area contributed by atoms with Gasteiger partial charge in [-0.05, 0) is 23.3 Å². The van der Waals surface area contributed by atoms with Crippen molar-refractivity contribution in [1.82, 2.24) is 9.80 Å². The van der Waals surface area contributed by atoms with Gasteiger partial charge in [0.1, 0.15) is 0 Å². The van der Waals surface area contributed by atoms with Crippen LogP contribution >= 0.6 is 15.9 Å². The van der Waals surface area contributed by atoms with Gasteiger partial charge in [-0.1, -0.05) is 58.4 Å². The minimum atomic E-state index is -0.508. The number of carbonyl (C=O) groups is 2. The Hall–Kier alpha value is -2.14. The van der Waals surface area contributed by atoms with Crippen molar-refractivity contribution in [3.05, 3.63) is 70.2 Å². The summed E-state index contributed by atoms with van der Waals surface area (Å²) in [5, 5.41) is 0. The standard InChI is InChI=1S/C18H19BrN2O2/c1-20(12-14-6-4-3-5-7-14)17(22)18(23)21(2)13-15-8-10-16(19)11-9-15/h3-11H,12-13H2,1-2H3. The fraction of sp³-hybridized carbons (Fsp3) is 0.222. The monoisotopic (exact) mass is 374 g/mol. The molecule has 0 radical (unpaired) electrons. The van der Waals surface area contributed by atoms with Gasteiger partial charge in [-0.15, -0.1) is 0 Å². The smallest absolute Gasteiger partial charge is 0.312 e. The van der Waals surface area contributed by atoms with Crippen molar-refractivity contribution in [2.45, 2.75) is 13.1 Å². The maximum Gasteiger partial charge on any atom is 0.312 e. The third kappa shape index (κ3) is 4.93. The highest BCUT2D eigenvalue weighted by molar-refractivity contribution is 9.10. The summed E-state index contributed by atoms with van der Waals surface area (Å²) in [6.07, 6.45) is 0. The van der Waals surface area contributed by atoms with E-state index in [-0.39, 0.29) is 0 Å². The van der Waals surface area contributed by atoms with Crippen LogP contribution in [0.4, 0.5) is 0 Å². The van der Waals surface area contributed by atoms with Gasteiger partial charge in [0.25, 0.3) is 0 Å². The maximum absolute atomic E-state index is 12.3. The van der Waals surface area contributed by atoms with Gasteiger partial charge in [0.15, 0.2) is 0 Å². The topological polar surface area (TPSA) is 40.6 Å². The Morgan fingerprint density at radius 3 is 1.70 bits per heavy atom. The van der Waals surface area contributed by atoms with E-state index in [1.54, 1.807) is 14.1 Å². The molecule has 0 N–H and O–H groups in total. The Balaban J connectivity index is 1.95. The molecule has 0 saturated heterocycles. The number of rotatable bonds is 4. The zero-order valence-electron chi connectivity index (χ0n) is 13.2. The van der Waals surface area contributed by atoms with Crippen molar-refractivity contribution in [1.29, 1.82) is 0 Å². The van der Waals surface area contributed by atoms with E-state index in [4.69, 9.17) is 0 Å². The summed E-state index contributed by atoms with van der Waals surface area (Å²) >= 11 is 3.37. The highest BCUT2D eigenvalue weighted by Gasteiger charge is 2.22. The van der Waals surface area contributed by atoms with Crippen LogP contribution < -0.4 is 0 Å². The maximum atomic E-state index is 12.3. The summed E-state index contributed by atoms with van der Waals surface area (Å²) in [5.41, 5.74) is 1.97. The molecule has 2 rings (SSSR count). The number of nitrogens with zero attached hydrogens (tertiary/aromatic N) is 2. The van der Waals surface area contributed by atoms with Gasteiger partial charge < -0.3 is 9.80 Å². The van der Waals surface area contributed by atoms with Gasteiger partial charge in [-0.25, -0.2) is 0 Å². The molecule has 2 amide bonds. The quantitative estimate of drug-likeness (QED) is 0.771. The summed E-state index contributed by atoms with van der Waals surface area (Å²) in [6.45, 7) is 0.814. The molecule has 0 heterocycles. The molecule has 0 atom stereocenters. The average molecular weight is 375 g/mol. The van der Waals surface area contributed by atoms with E-state index in [2.05, 4.69) is 15.9 Å². The molecule has 2 aromatic rings. The second-order valence-corrected chi connectivity index (χ2v) is 6.35. The number of amides is 2. The van der Waals surface area contributed by atoms with Crippen LogP contribution in [0, 0.1) is 0 Å². The Kier molecular flexibility index (Phi) is 5.93.